The largest absolute Gasteiger partial charge is 0.459 e. The first-order valence-corrected chi connectivity index (χ1v) is 10.9. The molecule has 162 valence electrons. The normalized spacial score (nSPS) is 16.1. The van der Waals surface area contributed by atoms with Crippen LogP contribution in [0.4, 0.5) is 0 Å². The minimum Gasteiger partial charge on any atom is -0.459 e. The molecule has 1 aromatic carbocycles. The van der Waals surface area contributed by atoms with Crippen LogP contribution in [0.25, 0.3) is 0 Å². The molecule has 1 aliphatic heterocycles. The van der Waals surface area contributed by atoms with Crippen LogP contribution in [-0.4, -0.2) is 35.8 Å². The van der Waals surface area contributed by atoms with Crippen LogP contribution >= 0.6 is 0 Å². The molecule has 6 heteroatoms. The summed E-state index contributed by atoms with van der Waals surface area (Å²) in [6, 6.07) is 11.0. The third kappa shape index (κ3) is 6.46. The maximum Gasteiger partial charge on any atom is 0.287 e. The maximum atomic E-state index is 12.7. The highest BCUT2D eigenvalue weighted by Crippen LogP contribution is 2.14. The molecule has 2 N–H and O–H groups in total. The summed E-state index contributed by atoms with van der Waals surface area (Å²) in [7, 11) is 0. The van der Waals surface area contributed by atoms with Crippen LogP contribution in [0.15, 0.2) is 47.1 Å². The number of likely N-dealkylation sites (tertiary alicyclic amines) is 1. The monoisotopic (exact) mass is 411 g/mol. The Hall–Kier alpha value is -2.60. The summed E-state index contributed by atoms with van der Waals surface area (Å²) in [6.45, 7) is 7.53. The van der Waals surface area contributed by atoms with Gasteiger partial charge in [-0.1, -0.05) is 51.0 Å². The van der Waals surface area contributed by atoms with E-state index in [1.165, 1.54) is 37.5 Å². The van der Waals surface area contributed by atoms with Gasteiger partial charge < -0.3 is 15.1 Å². The molecule has 1 fully saturated rings. The molecule has 1 atom stereocenters. The molecule has 2 aromatic rings. The molecule has 0 aliphatic carbocycles. The van der Waals surface area contributed by atoms with Gasteiger partial charge in [0.2, 0.25) is 5.91 Å². The number of rotatable bonds is 8. The Balaban J connectivity index is 1.55. The van der Waals surface area contributed by atoms with E-state index in [4.69, 9.17) is 4.42 Å². The van der Waals surface area contributed by atoms with Gasteiger partial charge in [-0.3, -0.25) is 14.5 Å². The van der Waals surface area contributed by atoms with Gasteiger partial charge in [-0.25, -0.2) is 0 Å². The molecule has 0 spiro atoms. The second-order valence-electron chi connectivity index (χ2n) is 8.40. The van der Waals surface area contributed by atoms with Crippen molar-refractivity contribution in [3.05, 3.63) is 59.5 Å². The quantitative estimate of drug-likeness (QED) is 0.694. The first-order valence-electron chi connectivity index (χ1n) is 10.9. The third-order valence-electron chi connectivity index (χ3n) is 5.54. The van der Waals surface area contributed by atoms with E-state index in [2.05, 4.69) is 27.7 Å². The van der Waals surface area contributed by atoms with E-state index in [0.717, 1.165) is 25.2 Å². The number of carbonyl (C=O) groups excluding carboxylic acids is 2. The highest BCUT2D eigenvalue weighted by Gasteiger charge is 2.25. The number of hydrogen-bond acceptors (Lipinski definition) is 4. The highest BCUT2D eigenvalue weighted by molar-refractivity contribution is 5.95. The molecule has 3 rings (SSSR count). The maximum absolute atomic E-state index is 12.7. The second-order valence-corrected chi connectivity index (χ2v) is 8.40. The van der Waals surface area contributed by atoms with Gasteiger partial charge in [-0.2, -0.15) is 0 Å². The SMILES string of the molecule is CC(C)C(NC(=O)c1ccco1)C(=O)NCc1cccc(CN2CCCCCC2)c1. The Morgan fingerprint density at radius 3 is 2.43 bits per heavy atom. The summed E-state index contributed by atoms with van der Waals surface area (Å²) in [5.41, 5.74) is 2.34. The van der Waals surface area contributed by atoms with Crippen molar-refractivity contribution in [3.8, 4) is 0 Å². The minimum absolute atomic E-state index is 0.0433. The molecular formula is C24H33N3O3. The molecule has 2 amide bonds. The topological polar surface area (TPSA) is 74.6 Å². The molecule has 0 bridgehead atoms. The van der Waals surface area contributed by atoms with Gasteiger partial charge in [-0.05, 0) is 55.1 Å². The lowest BCUT2D eigenvalue weighted by Crippen LogP contribution is -2.49. The van der Waals surface area contributed by atoms with Crippen molar-refractivity contribution in [2.24, 2.45) is 5.92 Å². The summed E-state index contributed by atoms with van der Waals surface area (Å²) < 4.78 is 5.12. The predicted octanol–water partition coefficient (Wildman–Crippen LogP) is 3.73. The van der Waals surface area contributed by atoms with E-state index in [-0.39, 0.29) is 23.5 Å². The van der Waals surface area contributed by atoms with Gasteiger partial charge in [-0.15, -0.1) is 0 Å². The van der Waals surface area contributed by atoms with E-state index in [1.54, 1.807) is 12.1 Å². The average Bonchev–Trinajstić information content (AvgIpc) is 3.16. The van der Waals surface area contributed by atoms with Crippen molar-refractivity contribution in [2.45, 2.75) is 58.7 Å². The van der Waals surface area contributed by atoms with Crippen molar-refractivity contribution >= 4 is 11.8 Å². The van der Waals surface area contributed by atoms with E-state index in [1.807, 2.05) is 26.0 Å². The number of furan rings is 1. The van der Waals surface area contributed by atoms with Gasteiger partial charge in [0.1, 0.15) is 6.04 Å². The fourth-order valence-electron chi connectivity index (χ4n) is 3.84. The van der Waals surface area contributed by atoms with Crippen LogP contribution in [-0.2, 0) is 17.9 Å². The van der Waals surface area contributed by atoms with Crippen LogP contribution in [0.2, 0.25) is 0 Å². The van der Waals surface area contributed by atoms with Crippen molar-refractivity contribution in [1.82, 2.24) is 15.5 Å². The lowest BCUT2D eigenvalue weighted by Gasteiger charge is -2.22. The molecule has 0 radical (unpaired) electrons. The van der Waals surface area contributed by atoms with Crippen LogP contribution < -0.4 is 10.6 Å². The number of carbonyl (C=O) groups is 2. The fraction of sp³-hybridized carbons (Fsp3) is 0.500. The molecule has 6 nitrogen and oxygen atoms in total. The zero-order chi connectivity index (χ0) is 21.3. The van der Waals surface area contributed by atoms with Gasteiger partial charge in [0, 0.05) is 13.1 Å². The summed E-state index contributed by atoms with van der Waals surface area (Å²) in [6.07, 6.45) is 6.65. The van der Waals surface area contributed by atoms with E-state index < -0.39 is 6.04 Å². The fourth-order valence-corrected chi connectivity index (χ4v) is 3.84. The molecule has 2 heterocycles. The van der Waals surface area contributed by atoms with E-state index in [0.29, 0.717) is 6.54 Å². The van der Waals surface area contributed by atoms with Crippen LogP contribution in [0.1, 0.15) is 61.2 Å². The van der Waals surface area contributed by atoms with Crippen molar-refractivity contribution in [1.29, 1.82) is 0 Å². The van der Waals surface area contributed by atoms with E-state index in [9.17, 15) is 9.59 Å². The Morgan fingerprint density at radius 1 is 1.03 bits per heavy atom. The zero-order valence-corrected chi connectivity index (χ0v) is 18.0. The lowest BCUT2D eigenvalue weighted by atomic mass is 10.0. The second kappa shape index (κ2) is 11.0. The third-order valence-corrected chi connectivity index (χ3v) is 5.54. The minimum atomic E-state index is -0.622. The van der Waals surface area contributed by atoms with E-state index >= 15 is 0 Å². The Morgan fingerprint density at radius 2 is 1.77 bits per heavy atom. The van der Waals surface area contributed by atoms with Crippen LogP contribution in [0.5, 0.6) is 0 Å². The Labute approximate surface area is 179 Å². The van der Waals surface area contributed by atoms with Gasteiger partial charge in [0.25, 0.3) is 5.91 Å². The number of amides is 2. The molecule has 1 unspecified atom stereocenters. The van der Waals surface area contributed by atoms with Crippen molar-refractivity contribution < 1.29 is 14.0 Å². The summed E-state index contributed by atoms with van der Waals surface area (Å²) in [4.78, 5) is 27.5. The highest BCUT2D eigenvalue weighted by atomic mass is 16.3. The van der Waals surface area contributed by atoms with Gasteiger partial charge in [0.05, 0.1) is 6.26 Å². The standard InChI is InChI=1S/C24H33N3O3/c1-18(2)22(26-23(28)21-11-8-14-30-21)24(29)25-16-19-9-7-10-20(15-19)17-27-12-5-3-4-6-13-27/h7-11,14-15,18,22H,3-6,12-13,16-17H2,1-2H3,(H,25,29)(H,26,28). The first kappa shape index (κ1) is 22.1. The predicted molar refractivity (Wildman–Crippen MR) is 117 cm³/mol. The molecule has 30 heavy (non-hydrogen) atoms. The summed E-state index contributed by atoms with van der Waals surface area (Å²) in [5.74, 6) is -0.413. The number of nitrogens with one attached hydrogen (secondary N) is 2. The number of benzene rings is 1. The number of hydrogen-bond donors (Lipinski definition) is 2. The van der Waals surface area contributed by atoms with Crippen LogP contribution in [0.3, 0.4) is 0 Å². The lowest BCUT2D eigenvalue weighted by molar-refractivity contribution is -0.124. The molecule has 0 saturated carbocycles. The van der Waals surface area contributed by atoms with Gasteiger partial charge >= 0.3 is 0 Å². The molecule has 1 aliphatic rings. The molecular weight excluding hydrogens is 378 g/mol. The first-order chi connectivity index (χ1) is 14.5. The Bertz CT molecular complexity index is 809. The Kier molecular flexibility index (Phi) is 8.08. The smallest absolute Gasteiger partial charge is 0.287 e. The van der Waals surface area contributed by atoms with Crippen molar-refractivity contribution in [3.63, 3.8) is 0 Å². The summed E-state index contributed by atoms with van der Waals surface area (Å²) >= 11 is 0. The van der Waals surface area contributed by atoms with Crippen molar-refractivity contribution in [2.75, 3.05) is 13.1 Å². The van der Waals surface area contributed by atoms with Gasteiger partial charge in [0.15, 0.2) is 5.76 Å². The van der Waals surface area contributed by atoms with Crippen LogP contribution in [0, 0.1) is 5.92 Å². The molecule has 1 saturated heterocycles. The number of nitrogens with zero attached hydrogens (tertiary/aromatic N) is 1. The summed E-state index contributed by atoms with van der Waals surface area (Å²) in [5, 5.41) is 5.75. The molecule has 1 aromatic heterocycles. The average molecular weight is 412 g/mol. The zero-order valence-electron chi connectivity index (χ0n) is 18.0.